The third-order valence-corrected chi connectivity index (χ3v) is 6.57. The average Bonchev–Trinajstić information content (AvgIpc) is 2.83. The summed E-state index contributed by atoms with van der Waals surface area (Å²) in [5.74, 6) is -0.628. The molecule has 7 nitrogen and oxygen atoms in total. The van der Waals surface area contributed by atoms with Crippen LogP contribution in [0.4, 0.5) is 0 Å². The molecular formula is C28H57N5O2. The molecule has 0 aromatic heterocycles. The monoisotopic (exact) mass is 495 g/mol. The van der Waals surface area contributed by atoms with E-state index >= 15 is 0 Å². The van der Waals surface area contributed by atoms with Crippen LogP contribution in [-0.2, 0) is 9.59 Å². The molecular weight excluding hydrogens is 438 g/mol. The summed E-state index contributed by atoms with van der Waals surface area (Å²) >= 11 is 0. The largest absolute Gasteiger partial charge is 0.370 e. The minimum Gasteiger partial charge on any atom is -0.370 e. The summed E-state index contributed by atoms with van der Waals surface area (Å²) in [6.45, 7) is 2.70. The number of carbonyl (C=O) groups is 2. The predicted octanol–water partition coefficient (Wildman–Crippen LogP) is 5.83. The van der Waals surface area contributed by atoms with Crippen LogP contribution >= 0.6 is 0 Å². The van der Waals surface area contributed by atoms with E-state index in [-0.39, 0.29) is 11.9 Å². The number of carbonyl (C=O) groups excluding carboxylic acids is 2. The first-order chi connectivity index (χ1) is 17.0. The summed E-state index contributed by atoms with van der Waals surface area (Å²) < 4.78 is 0. The van der Waals surface area contributed by atoms with Gasteiger partial charge in [-0.05, 0) is 19.3 Å². The van der Waals surface area contributed by atoms with Gasteiger partial charge in [0, 0.05) is 13.0 Å². The number of hydrogen-bond acceptors (Lipinski definition) is 4. The summed E-state index contributed by atoms with van der Waals surface area (Å²) in [5.41, 5.74) is 16.3. The maximum atomic E-state index is 11.9. The molecule has 0 unspecified atom stereocenters. The first kappa shape index (κ1) is 33.4. The Balaban J connectivity index is 3.36. The van der Waals surface area contributed by atoms with E-state index in [1.54, 1.807) is 0 Å². The highest BCUT2D eigenvalue weighted by Gasteiger charge is 2.15. The molecule has 0 fully saturated rings. The van der Waals surface area contributed by atoms with Crippen LogP contribution in [-0.4, -0.2) is 30.4 Å². The molecule has 0 aliphatic carbocycles. The van der Waals surface area contributed by atoms with Crippen molar-refractivity contribution < 1.29 is 9.59 Å². The maximum Gasteiger partial charge on any atom is 0.243 e. The quantitative estimate of drug-likeness (QED) is 0.0717. The van der Waals surface area contributed by atoms with Crippen LogP contribution in [0.25, 0.3) is 0 Å². The van der Waals surface area contributed by atoms with Gasteiger partial charge < -0.3 is 17.2 Å². The van der Waals surface area contributed by atoms with E-state index in [2.05, 4.69) is 17.2 Å². The van der Waals surface area contributed by atoms with E-state index in [4.69, 9.17) is 17.2 Å². The van der Waals surface area contributed by atoms with E-state index in [0.29, 0.717) is 25.8 Å². The van der Waals surface area contributed by atoms with Crippen LogP contribution in [0, 0.1) is 0 Å². The van der Waals surface area contributed by atoms with Gasteiger partial charge >= 0.3 is 0 Å². The van der Waals surface area contributed by atoms with Crippen molar-refractivity contribution in [1.82, 2.24) is 5.32 Å². The van der Waals surface area contributed by atoms with Crippen molar-refractivity contribution in [3.63, 3.8) is 0 Å². The van der Waals surface area contributed by atoms with Crippen LogP contribution in [0.15, 0.2) is 4.99 Å². The summed E-state index contributed by atoms with van der Waals surface area (Å²) in [4.78, 5) is 27.7. The molecule has 2 amide bonds. The van der Waals surface area contributed by atoms with Crippen molar-refractivity contribution in [3.05, 3.63) is 0 Å². The normalized spacial score (nSPS) is 11.8. The van der Waals surface area contributed by atoms with E-state index < -0.39 is 11.9 Å². The Labute approximate surface area is 215 Å². The molecule has 1 atom stereocenters. The van der Waals surface area contributed by atoms with Crippen molar-refractivity contribution in [2.24, 2.45) is 22.2 Å². The molecule has 0 saturated carbocycles. The molecule has 7 N–H and O–H groups in total. The molecule has 0 radical (unpaired) electrons. The average molecular weight is 496 g/mol. The van der Waals surface area contributed by atoms with Crippen molar-refractivity contribution in [3.8, 4) is 0 Å². The zero-order valence-corrected chi connectivity index (χ0v) is 22.8. The second-order valence-corrected chi connectivity index (χ2v) is 10.1. The van der Waals surface area contributed by atoms with Gasteiger partial charge in [0.15, 0.2) is 5.96 Å². The van der Waals surface area contributed by atoms with Crippen molar-refractivity contribution >= 4 is 17.8 Å². The van der Waals surface area contributed by atoms with E-state index in [1.807, 2.05) is 0 Å². The van der Waals surface area contributed by atoms with Gasteiger partial charge in [0.05, 0.1) is 6.04 Å². The number of aliphatic imine (C=N–C) groups is 1. The van der Waals surface area contributed by atoms with Crippen LogP contribution < -0.4 is 22.5 Å². The third-order valence-electron chi connectivity index (χ3n) is 6.57. The number of nitrogens with one attached hydrogen (secondary N) is 1. The number of guanidine groups is 1. The molecule has 0 aliphatic heterocycles. The summed E-state index contributed by atoms with van der Waals surface area (Å²) in [6.07, 6.45) is 26.6. The number of nitrogens with zero attached hydrogens (tertiary/aromatic N) is 1. The molecule has 7 heteroatoms. The zero-order chi connectivity index (χ0) is 26.0. The maximum absolute atomic E-state index is 11.9. The molecule has 35 heavy (non-hydrogen) atoms. The first-order valence-electron chi connectivity index (χ1n) is 14.6. The number of unbranched alkanes of at least 4 members (excludes halogenated alkanes) is 18. The fourth-order valence-electron chi connectivity index (χ4n) is 4.31. The smallest absolute Gasteiger partial charge is 0.243 e. The van der Waals surface area contributed by atoms with Crippen LogP contribution in [0.3, 0.4) is 0 Å². The molecule has 0 aromatic carbocycles. The molecule has 0 spiro atoms. The highest BCUT2D eigenvalue weighted by molar-refractivity contribution is 5.97. The van der Waals surface area contributed by atoms with E-state index in [9.17, 15) is 9.59 Å². The lowest BCUT2D eigenvalue weighted by molar-refractivity contribution is -0.131. The van der Waals surface area contributed by atoms with Gasteiger partial charge in [-0.2, -0.15) is 0 Å². The van der Waals surface area contributed by atoms with Gasteiger partial charge in [0.25, 0.3) is 0 Å². The topological polar surface area (TPSA) is 137 Å². The van der Waals surface area contributed by atoms with Gasteiger partial charge in [-0.1, -0.05) is 122 Å². The number of amides is 2. The summed E-state index contributed by atoms with van der Waals surface area (Å²) in [5, 5.41) is 2.40. The standard InChI is InChI=1S/C28H57N5O2/c1-2-3-4-5-6-7-8-9-10-11-12-13-14-15-16-17-18-19-20-23-26(34)33-27(35)25(29)22-21-24-32-28(30)31/h25H,2-24,29H2,1H3,(H4,30,31,32)(H,33,34,35)/t25-/m0/s1. The van der Waals surface area contributed by atoms with Crippen molar-refractivity contribution in [1.29, 1.82) is 0 Å². The second-order valence-electron chi connectivity index (χ2n) is 10.1. The Bertz CT molecular complexity index is 535. The van der Waals surface area contributed by atoms with Gasteiger partial charge in [-0.25, -0.2) is 0 Å². The number of hydrogen-bond donors (Lipinski definition) is 4. The Hall–Kier alpha value is -1.63. The molecule has 0 aliphatic rings. The van der Waals surface area contributed by atoms with E-state index in [1.165, 1.54) is 103 Å². The lowest BCUT2D eigenvalue weighted by Gasteiger charge is -2.10. The molecule has 0 saturated heterocycles. The van der Waals surface area contributed by atoms with Crippen LogP contribution in [0.2, 0.25) is 0 Å². The predicted molar refractivity (Wildman–Crippen MR) is 149 cm³/mol. The van der Waals surface area contributed by atoms with Gasteiger partial charge in [0.2, 0.25) is 11.8 Å². The van der Waals surface area contributed by atoms with Crippen LogP contribution in [0.5, 0.6) is 0 Å². The Morgan fingerprint density at radius 2 is 1.06 bits per heavy atom. The summed E-state index contributed by atoms with van der Waals surface area (Å²) in [7, 11) is 0. The highest BCUT2D eigenvalue weighted by Crippen LogP contribution is 2.14. The Kier molecular flexibility index (Phi) is 24.3. The first-order valence-corrected chi connectivity index (χ1v) is 14.6. The Morgan fingerprint density at radius 1 is 0.657 bits per heavy atom. The third kappa shape index (κ3) is 25.3. The molecule has 206 valence electrons. The lowest BCUT2D eigenvalue weighted by Crippen LogP contribution is -2.43. The van der Waals surface area contributed by atoms with Gasteiger partial charge in [0.1, 0.15) is 0 Å². The minimum absolute atomic E-state index is 0.0257. The number of nitrogens with two attached hydrogens (primary N) is 3. The zero-order valence-electron chi connectivity index (χ0n) is 22.8. The fourth-order valence-corrected chi connectivity index (χ4v) is 4.31. The number of imide groups is 1. The molecule has 0 bridgehead atoms. The van der Waals surface area contributed by atoms with E-state index in [0.717, 1.165) is 19.3 Å². The fraction of sp³-hybridized carbons (Fsp3) is 0.893. The highest BCUT2D eigenvalue weighted by atomic mass is 16.2. The SMILES string of the molecule is CCCCCCCCCCCCCCCCCCCCCC(=O)NC(=O)[C@@H](N)CCCN=C(N)N. The van der Waals surface area contributed by atoms with Gasteiger partial charge in [-0.3, -0.25) is 19.9 Å². The molecule has 0 heterocycles. The summed E-state index contributed by atoms with van der Waals surface area (Å²) in [6, 6.07) is -0.710. The van der Waals surface area contributed by atoms with Crippen molar-refractivity contribution in [2.75, 3.05) is 6.54 Å². The van der Waals surface area contributed by atoms with Crippen LogP contribution in [0.1, 0.15) is 148 Å². The number of rotatable bonds is 25. The molecule has 0 rings (SSSR count). The second kappa shape index (κ2) is 25.5. The Morgan fingerprint density at radius 3 is 1.46 bits per heavy atom. The molecule has 0 aromatic rings. The lowest BCUT2D eigenvalue weighted by atomic mass is 10.0. The van der Waals surface area contributed by atoms with Crippen molar-refractivity contribution in [2.45, 2.75) is 154 Å². The van der Waals surface area contributed by atoms with Gasteiger partial charge in [-0.15, -0.1) is 0 Å². The minimum atomic E-state index is -0.710.